The Hall–Kier alpha value is -2.53. The van der Waals surface area contributed by atoms with Crippen molar-refractivity contribution >= 4 is 11.6 Å². The molecule has 0 radical (unpaired) electrons. The lowest BCUT2D eigenvalue weighted by molar-refractivity contribution is -0.137. The number of rotatable bonds is 4. The van der Waals surface area contributed by atoms with Gasteiger partial charge in [0.15, 0.2) is 0 Å². The molecular formula is C18H21F3N4O. The molecule has 1 aliphatic heterocycles. The van der Waals surface area contributed by atoms with Crippen LogP contribution in [0.2, 0.25) is 0 Å². The van der Waals surface area contributed by atoms with Gasteiger partial charge in [0.25, 0.3) is 5.91 Å². The third-order valence-electron chi connectivity index (χ3n) is 4.50. The lowest BCUT2D eigenvalue weighted by atomic mass is 10.0. The summed E-state index contributed by atoms with van der Waals surface area (Å²) < 4.78 is 37.7. The summed E-state index contributed by atoms with van der Waals surface area (Å²) in [5.74, 6) is -0.401. The summed E-state index contributed by atoms with van der Waals surface area (Å²) in [5.41, 5.74) is -0.488. The number of hydrogen-bond acceptors (Lipinski definition) is 4. The summed E-state index contributed by atoms with van der Waals surface area (Å²) in [6, 6.07) is 6.30. The predicted molar refractivity (Wildman–Crippen MR) is 92.1 cm³/mol. The summed E-state index contributed by atoms with van der Waals surface area (Å²) in [7, 11) is 3.69. The summed E-state index contributed by atoms with van der Waals surface area (Å²) in [4.78, 5) is 16.2. The van der Waals surface area contributed by atoms with Crippen LogP contribution in [0, 0.1) is 11.3 Å². The van der Waals surface area contributed by atoms with Gasteiger partial charge in [-0.3, -0.25) is 4.79 Å². The molecule has 8 heteroatoms. The van der Waals surface area contributed by atoms with E-state index in [2.05, 4.69) is 10.2 Å². The maximum atomic E-state index is 12.6. The van der Waals surface area contributed by atoms with E-state index in [4.69, 9.17) is 0 Å². The van der Waals surface area contributed by atoms with Crippen molar-refractivity contribution in [3.8, 4) is 6.07 Å². The van der Waals surface area contributed by atoms with E-state index >= 15 is 0 Å². The molecule has 1 N–H and O–H groups in total. The lowest BCUT2D eigenvalue weighted by Gasteiger charge is -2.34. The highest BCUT2D eigenvalue weighted by atomic mass is 19.4. The molecule has 140 valence electrons. The Morgan fingerprint density at radius 3 is 2.38 bits per heavy atom. The molecule has 5 nitrogen and oxygen atoms in total. The Morgan fingerprint density at radius 1 is 1.31 bits per heavy atom. The van der Waals surface area contributed by atoms with Crippen LogP contribution in [0.15, 0.2) is 36.0 Å². The first-order chi connectivity index (χ1) is 12.2. The normalized spacial score (nSPS) is 16.8. The van der Waals surface area contributed by atoms with Gasteiger partial charge in [-0.2, -0.15) is 18.4 Å². The molecule has 2 rings (SSSR count). The van der Waals surface area contributed by atoms with E-state index in [1.54, 1.807) is 11.9 Å². The molecule has 0 aliphatic carbocycles. The number of nitrogens with one attached hydrogen (secondary N) is 1. The second-order valence-electron chi connectivity index (χ2n) is 6.34. The number of likely N-dealkylation sites (tertiary alicyclic amines) is 1. The first-order valence-corrected chi connectivity index (χ1v) is 8.22. The van der Waals surface area contributed by atoms with Crippen molar-refractivity contribution in [2.45, 2.75) is 25.1 Å². The number of nitriles is 1. The van der Waals surface area contributed by atoms with Crippen LogP contribution in [-0.4, -0.2) is 48.9 Å². The van der Waals surface area contributed by atoms with E-state index in [1.807, 2.05) is 13.1 Å². The number of likely N-dealkylation sites (N-methyl/N-ethyl adjacent to an activating group) is 1. The van der Waals surface area contributed by atoms with Crippen LogP contribution in [0.4, 0.5) is 18.9 Å². The van der Waals surface area contributed by atoms with Gasteiger partial charge in [-0.15, -0.1) is 0 Å². The van der Waals surface area contributed by atoms with E-state index in [0.29, 0.717) is 5.69 Å². The third kappa shape index (κ3) is 4.99. The zero-order valence-corrected chi connectivity index (χ0v) is 14.7. The number of amides is 1. The fraction of sp³-hybridized carbons (Fsp3) is 0.444. The Balaban J connectivity index is 2.03. The predicted octanol–water partition coefficient (Wildman–Crippen LogP) is 3.08. The van der Waals surface area contributed by atoms with Crippen molar-refractivity contribution in [3.05, 3.63) is 41.6 Å². The highest BCUT2D eigenvalue weighted by Gasteiger charge is 2.30. The minimum Gasteiger partial charge on any atom is -0.360 e. The SMILES string of the molecule is CN1CCC(N(C)C(=O)/C(C#N)=C\Nc2ccc(C(F)(F)F)cc2)CC1. The number of anilines is 1. The maximum Gasteiger partial charge on any atom is 0.416 e. The number of benzene rings is 1. The minimum atomic E-state index is -4.40. The molecule has 0 atom stereocenters. The van der Waals surface area contributed by atoms with Gasteiger partial charge in [-0.1, -0.05) is 0 Å². The lowest BCUT2D eigenvalue weighted by Crippen LogP contribution is -2.44. The third-order valence-corrected chi connectivity index (χ3v) is 4.50. The van der Waals surface area contributed by atoms with Crippen molar-refractivity contribution in [1.82, 2.24) is 9.80 Å². The van der Waals surface area contributed by atoms with Crippen molar-refractivity contribution < 1.29 is 18.0 Å². The average Bonchev–Trinajstić information content (AvgIpc) is 2.61. The van der Waals surface area contributed by atoms with Gasteiger partial charge in [-0.25, -0.2) is 0 Å². The molecule has 0 saturated carbocycles. The van der Waals surface area contributed by atoms with Crippen LogP contribution < -0.4 is 5.32 Å². The number of hydrogen-bond donors (Lipinski definition) is 1. The first kappa shape index (κ1) is 19.8. The molecule has 0 bridgehead atoms. The standard InChI is InChI=1S/C18H21F3N4O/c1-24-9-7-16(8-10-24)25(2)17(26)13(11-22)12-23-15-5-3-14(4-6-15)18(19,20)21/h3-6,12,16,23H,7-10H2,1-2H3/b13-12-. The van der Waals surface area contributed by atoms with Gasteiger partial charge in [0, 0.05) is 25.0 Å². The fourth-order valence-corrected chi connectivity index (χ4v) is 2.79. The van der Waals surface area contributed by atoms with Gasteiger partial charge in [0.05, 0.1) is 5.56 Å². The quantitative estimate of drug-likeness (QED) is 0.657. The number of nitrogens with zero attached hydrogens (tertiary/aromatic N) is 3. The van der Waals surface area contributed by atoms with Gasteiger partial charge in [-0.05, 0) is 57.2 Å². The molecule has 1 amide bonds. The summed E-state index contributed by atoms with van der Waals surface area (Å²) >= 11 is 0. The average molecular weight is 366 g/mol. The Morgan fingerprint density at radius 2 is 1.88 bits per heavy atom. The first-order valence-electron chi connectivity index (χ1n) is 8.22. The molecule has 26 heavy (non-hydrogen) atoms. The molecule has 1 fully saturated rings. The fourth-order valence-electron chi connectivity index (χ4n) is 2.79. The maximum absolute atomic E-state index is 12.6. The Kier molecular flexibility index (Phi) is 6.27. The largest absolute Gasteiger partial charge is 0.416 e. The molecule has 0 aromatic heterocycles. The molecule has 1 saturated heterocycles. The van der Waals surface area contributed by atoms with Crippen LogP contribution in [0.5, 0.6) is 0 Å². The molecule has 0 unspecified atom stereocenters. The molecule has 1 heterocycles. The Labute approximate surface area is 150 Å². The molecule has 1 aromatic rings. The highest BCUT2D eigenvalue weighted by molar-refractivity contribution is 5.97. The van der Waals surface area contributed by atoms with Crippen molar-refractivity contribution in [3.63, 3.8) is 0 Å². The summed E-state index contributed by atoms with van der Waals surface area (Å²) in [6.07, 6.45) is -1.50. The number of alkyl halides is 3. The zero-order chi connectivity index (χ0) is 19.3. The monoisotopic (exact) mass is 366 g/mol. The van der Waals surface area contributed by atoms with Crippen molar-refractivity contribution in [2.24, 2.45) is 0 Å². The van der Waals surface area contributed by atoms with Crippen LogP contribution in [0.25, 0.3) is 0 Å². The second-order valence-corrected chi connectivity index (χ2v) is 6.34. The van der Waals surface area contributed by atoms with Crippen LogP contribution in [0.1, 0.15) is 18.4 Å². The van der Waals surface area contributed by atoms with Crippen LogP contribution in [-0.2, 0) is 11.0 Å². The molecule has 1 aromatic carbocycles. The van der Waals surface area contributed by atoms with Crippen LogP contribution in [0.3, 0.4) is 0 Å². The molecule has 1 aliphatic rings. The molecular weight excluding hydrogens is 345 g/mol. The van der Waals surface area contributed by atoms with E-state index in [-0.39, 0.29) is 11.6 Å². The van der Waals surface area contributed by atoms with E-state index in [1.165, 1.54) is 18.3 Å². The zero-order valence-electron chi connectivity index (χ0n) is 14.7. The summed E-state index contributed by atoms with van der Waals surface area (Å²) in [5, 5.41) is 12.0. The van der Waals surface area contributed by atoms with Crippen molar-refractivity contribution in [2.75, 3.05) is 32.5 Å². The number of halogens is 3. The van der Waals surface area contributed by atoms with Gasteiger partial charge in [0.1, 0.15) is 11.6 Å². The van der Waals surface area contributed by atoms with Gasteiger partial charge in [0.2, 0.25) is 0 Å². The van der Waals surface area contributed by atoms with E-state index < -0.39 is 17.6 Å². The van der Waals surface area contributed by atoms with Gasteiger partial charge < -0.3 is 15.1 Å². The number of carbonyl (C=O) groups is 1. The number of carbonyl (C=O) groups excluding carboxylic acids is 1. The second kappa shape index (κ2) is 8.23. The molecule has 0 spiro atoms. The highest BCUT2D eigenvalue weighted by Crippen LogP contribution is 2.29. The minimum absolute atomic E-state index is 0.0709. The van der Waals surface area contributed by atoms with E-state index in [0.717, 1.165) is 38.1 Å². The van der Waals surface area contributed by atoms with Gasteiger partial charge >= 0.3 is 6.18 Å². The number of piperidine rings is 1. The Bertz CT molecular complexity index is 699. The summed E-state index contributed by atoms with van der Waals surface area (Å²) in [6.45, 7) is 1.77. The smallest absolute Gasteiger partial charge is 0.360 e. The van der Waals surface area contributed by atoms with Crippen LogP contribution >= 0.6 is 0 Å². The van der Waals surface area contributed by atoms with Crippen molar-refractivity contribution in [1.29, 1.82) is 5.26 Å². The topological polar surface area (TPSA) is 59.4 Å². The van der Waals surface area contributed by atoms with E-state index in [9.17, 15) is 23.2 Å².